The van der Waals surface area contributed by atoms with Gasteiger partial charge in [0.2, 0.25) is 0 Å². The Morgan fingerprint density at radius 3 is 3.08 bits per heavy atom. The number of ether oxygens (including phenoxy) is 2. The van der Waals surface area contributed by atoms with Crippen molar-refractivity contribution in [3.8, 4) is 11.5 Å². The number of nitrogens with zero attached hydrogens (tertiary/aromatic N) is 3. The van der Waals surface area contributed by atoms with Gasteiger partial charge in [-0.2, -0.15) is 0 Å². The van der Waals surface area contributed by atoms with Crippen LogP contribution in [0.2, 0.25) is 0 Å². The third kappa shape index (κ3) is 3.63. The quantitative estimate of drug-likeness (QED) is 0.826. The highest BCUT2D eigenvalue weighted by atomic mass is 16.5. The van der Waals surface area contributed by atoms with Gasteiger partial charge in [0.15, 0.2) is 11.5 Å². The lowest BCUT2D eigenvalue weighted by atomic mass is 9.97. The first-order valence-corrected chi connectivity index (χ1v) is 9.42. The average Bonchev–Trinajstić information content (AvgIpc) is 3.06. The number of para-hydroxylation sites is 1. The van der Waals surface area contributed by atoms with Crippen molar-refractivity contribution in [2.45, 2.75) is 26.3 Å². The van der Waals surface area contributed by atoms with Crippen molar-refractivity contribution in [1.82, 2.24) is 14.5 Å². The predicted octanol–water partition coefficient (Wildman–Crippen LogP) is 3.39. The number of benzene rings is 1. The molecule has 3 heterocycles. The van der Waals surface area contributed by atoms with Crippen LogP contribution < -0.4 is 9.47 Å². The van der Waals surface area contributed by atoms with Crippen LogP contribution in [0.4, 0.5) is 0 Å². The van der Waals surface area contributed by atoms with Crippen LogP contribution in [0.25, 0.3) is 6.08 Å². The van der Waals surface area contributed by atoms with Crippen LogP contribution >= 0.6 is 0 Å². The molecule has 1 aromatic carbocycles. The normalized spacial score (nSPS) is 20.2. The van der Waals surface area contributed by atoms with Gasteiger partial charge < -0.3 is 14.0 Å². The summed E-state index contributed by atoms with van der Waals surface area (Å²) in [5.74, 6) is 3.47. The lowest BCUT2D eigenvalue weighted by Crippen LogP contribution is -2.39. The van der Waals surface area contributed by atoms with E-state index < -0.39 is 0 Å². The maximum atomic E-state index is 6.00. The van der Waals surface area contributed by atoms with E-state index >= 15 is 0 Å². The number of piperidine rings is 1. The number of methoxy groups -OCH3 is 1. The molecule has 138 valence electrons. The van der Waals surface area contributed by atoms with E-state index in [4.69, 9.17) is 9.47 Å². The molecule has 1 aromatic heterocycles. The summed E-state index contributed by atoms with van der Waals surface area (Å²) in [4.78, 5) is 6.91. The lowest BCUT2D eigenvalue weighted by molar-refractivity contribution is 0.169. The summed E-state index contributed by atoms with van der Waals surface area (Å²) in [5.41, 5.74) is 2.46. The molecular formula is C21H27N3O2. The summed E-state index contributed by atoms with van der Waals surface area (Å²) in [5, 5.41) is 0. The molecule has 5 heteroatoms. The highest BCUT2D eigenvalue weighted by Gasteiger charge is 2.23. The van der Waals surface area contributed by atoms with Crippen LogP contribution in [0.3, 0.4) is 0 Å². The predicted molar refractivity (Wildman–Crippen MR) is 103 cm³/mol. The zero-order valence-electron chi connectivity index (χ0n) is 15.6. The van der Waals surface area contributed by atoms with E-state index in [0.29, 0.717) is 12.5 Å². The second-order valence-corrected chi connectivity index (χ2v) is 7.34. The van der Waals surface area contributed by atoms with Gasteiger partial charge in [-0.15, -0.1) is 0 Å². The fraction of sp³-hybridized carbons (Fsp3) is 0.476. The number of rotatable bonds is 5. The molecule has 1 unspecified atom stereocenters. The number of fused-ring (bicyclic) bond motifs is 1. The zero-order valence-corrected chi connectivity index (χ0v) is 15.6. The SMILES string of the molecule is COc1cccc2c1OCC(CN1CCCC(Cn3ccnc3C)C1)=C2. The van der Waals surface area contributed by atoms with Crippen molar-refractivity contribution in [1.29, 1.82) is 0 Å². The lowest BCUT2D eigenvalue weighted by Gasteiger charge is -2.34. The number of hydrogen-bond acceptors (Lipinski definition) is 4. The van der Waals surface area contributed by atoms with E-state index in [-0.39, 0.29) is 0 Å². The maximum absolute atomic E-state index is 6.00. The van der Waals surface area contributed by atoms with E-state index in [1.807, 2.05) is 18.3 Å². The summed E-state index contributed by atoms with van der Waals surface area (Å²) in [6, 6.07) is 6.06. The molecule has 0 saturated carbocycles. The molecule has 2 aliphatic rings. The second kappa shape index (κ2) is 7.54. The summed E-state index contributed by atoms with van der Waals surface area (Å²) < 4.78 is 13.7. The Kier molecular flexibility index (Phi) is 4.98. The van der Waals surface area contributed by atoms with Crippen LogP contribution in [0, 0.1) is 12.8 Å². The standard InChI is InChI=1S/C21H27N3O2/c1-16-22-8-10-24(16)14-17-5-4-9-23(12-17)13-18-11-19-6-3-7-20(25-2)21(19)26-15-18/h3,6-8,10-11,17H,4-5,9,12-15H2,1-2H3. The number of imidazole rings is 1. The number of hydrogen-bond donors (Lipinski definition) is 0. The Bertz CT molecular complexity index is 796. The van der Waals surface area contributed by atoms with E-state index in [9.17, 15) is 0 Å². The summed E-state index contributed by atoms with van der Waals surface area (Å²) in [6.07, 6.45) is 8.81. The van der Waals surface area contributed by atoms with Gasteiger partial charge in [-0.05, 0) is 49.9 Å². The molecule has 1 fully saturated rings. The minimum absolute atomic E-state index is 0.648. The molecule has 1 saturated heterocycles. The van der Waals surface area contributed by atoms with Crippen LogP contribution in [-0.4, -0.2) is 47.8 Å². The van der Waals surface area contributed by atoms with Crippen LogP contribution in [0.5, 0.6) is 11.5 Å². The average molecular weight is 353 g/mol. The minimum atomic E-state index is 0.648. The molecule has 0 spiro atoms. The molecule has 1 atom stereocenters. The smallest absolute Gasteiger partial charge is 0.168 e. The highest BCUT2D eigenvalue weighted by Crippen LogP contribution is 2.35. The fourth-order valence-electron chi connectivity index (χ4n) is 4.09. The van der Waals surface area contributed by atoms with E-state index in [2.05, 4.69) is 39.7 Å². The number of likely N-dealkylation sites (tertiary alicyclic amines) is 1. The monoisotopic (exact) mass is 353 g/mol. The number of aryl methyl sites for hydroxylation is 1. The Balaban J connectivity index is 1.41. The summed E-state index contributed by atoms with van der Waals surface area (Å²) in [6.45, 7) is 7.08. The molecule has 0 radical (unpaired) electrons. The van der Waals surface area contributed by atoms with Gasteiger partial charge >= 0.3 is 0 Å². The Hall–Kier alpha value is -2.27. The summed E-state index contributed by atoms with van der Waals surface area (Å²) >= 11 is 0. The van der Waals surface area contributed by atoms with Crippen molar-refractivity contribution in [3.05, 3.63) is 47.6 Å². The van der Waals surface area contributed by atoms with Gasteiger partial charge in [0.05, 0.1) is 7.11 Å². The first-order valence-electron chi connectivity index (χ1n) is 9.42. The van der Waals surface area contributed by atoms with Gasteiger partial charge in [0, 0.05) is 37.6 Å². The van der Waals surface area contributed by atoms with Crippen LogP contribution in [0.1, 0.15) is 24.2 Å². The van der Waals surface area contributed by atoms with Crippen molar-refractivity contribution >= 4 is 6.08 Å². The molecule has 5 nitrogen and oxygen atoms in total. The molecule has 0 bridgehead atoms. The van der Waals surface area contributed by atoms with Gasteiger partial charge in [0.1, 0.15) is 12.4 Å². The molecule has 4 rings (SSSR count). The fourth-order valence-corrected chi connectivity index (χ4v) is 4.09. The van der Waals surface area contributed by atoms with Crippen molar-refractivity contribution < 1.29 is 9.47 Å². The molecule has 2 aliphatic heterocycles. The van der Waals surface area contributed by atoms with Crippen LogP contribution in [-0.2, 0) is 6.54 Å². The first kappa shape index (κ1) is 17.2. The van der Waals surface area contributed by atoms with Gasteiger partial charge in [-0.3, -0.25) is 4.90 Å². The Labute approximate surface area is 155 Å². The molecule has 2 aromatic rings. The van der Waals surface area contributed by atoms with Crippen molar-refractivity contribution in [3.63, 3.8) is 0 Å². The maximum Gasteiger partial charge on any atom is 0.168 e. The van der Waals surface area contributed by atoms with Gasteiger partial charge in [0.25, 0.3) is 0 Å². The molecule has 0 amide bonds. The van der Waals surface area contributed by atoms with Crippen molar-refractivity contribution in [2.24, 2.45) is 5.92 Å². The molecular weight excluding hydrogens is 326 g/mol. The topological polar surface area (TPSA) is 39.5 Å². The van der Waals surface area contributed by atoms with Crippen molar-refractivity contribution in [2.75, 3.05) is 33.4 Å². The summed E-state index contributed by atoms with van der Waals surface area (Å²) in [7, 11) is 1.69. The third-order valence-corrected chi connectivity index (χ3v) is 5.40. The third-order valence-electron chi connectivity index (χ3n) is 5.40. The van der Waals surface area contributed by atoms with E-state index in [1.165, 1.54) is 25.0 Å². The minimum Gasteiger partial charge on any atom is -0.493 e. The first-order chi connectivity index (χ1) is 12.7. The number of aromatic nitrogens is 2. The second-order valence-electron chi connectivity index (χ2n) is 7.34. The molecule has 0 aliphatic carbocycles. The zero-order chi connectivity index (χ0) is 17.9. The Morgan fingerprint density at radius 1 is 1.35 bits per heavy atom. The Morgan fingerprint density at radius 2 is 2.27 bits per heavy atom. The largest absolute Gasteiger partial charge is 0.493 e. The molecule has 0 N–H and O–H groups in total. The van der Waals surface area contributed by atoms with Crippen LogP contribution in [0.15, 0.2) is 36.2 Å². The van der Waals surface area contributed by atoms with Gasteiger partial charge in [-0.25, -0.2) is 4.98 Å². The molecule has 26 heavy (non-hydrogen) atoms. The van der Waals surface area contributed by atoms with E-state index in [0.717, 1.165) is 42.5 Å². The highest BCUT2D eigenvalue weighted by molar-refractivity contribution is 5.66. The van der Waals surface area contributed by atoms with Gasteiger partial charge in [-0.1, -0.05) is 12.1 Å². The van der Waals surface area contributed by atoms with E-state index in [1.54, 1.807) is 7.11 Å².